The van der Waals surface area contributed by atoms with E-state index in [0.29, 0.717) is 22.4 Å². The van der Waals surface area contributed by atoms with Gasteiger partial charge < -0.3 is 20.2 Å². The van der Waals surface area contributed by atoms with Gasteiger partial charge in [0, 0.05) is 50.8 Å². The van der Waals surface area contributed by atoms with Gasteiger partial charge in [0.2, 0.25) is 5.95 Å². The lowest BCUT2D eigenvalue weighted by atomic mass is 9.93. The van der Waals surface area contributed by atoms with Gasteiger partial charge in [0.05, 0.1) is 28.0 Å². The fraction of sp³-hybridized carbons (Fsp3) is 0.593. The zero-order valence-electron chi connectivity index (χ0n) is 22.3. The first-order valence-electron chi connectivity index (χ1n) is 13.5. The molecule has 1 aromatic carbocycles. The Morgan fingerprint density at radius 3 is 2.28 bits per heavy atom. The Balaban J connectivity index is 1.42. The third kappa shape index (κ3) is 5.86. The Hall–Kier alpha value is -2.86. The van der Waals surface area contributed by atoms with Crippen LogP contribution < -0.4 is 15.1 Å². The van der Waals surface area contributed by atoms with Gasteiger partial charge in [-0.1, -0.05) is 0 Å². The number of carbonyl (C=O) groups is 1. The average Bonchev–Trinajstić information content (AvgIpc) is 3.66. The number of aryl methyl sites for hydroxylation is 1. The van der Waals surface area contributed by atoms with Crippen LogP contribution in [0.5, 0.6) is 0 Å². The highest BCUT2D eigenvalue weighted by Gasteiger charge is 2.45. The van der Waals surface area contributed by atoms with E-state index in [1.54, 1.807) is 17.9 Å². The molecule has 3 heterocycles. The molecular weight excluding hydrogens is 528 g/mol. The molecular formula is C27H35F2N5O4S. The maximum absolute atomic E-state index is 13.6. The van der Waals surface area contributed by atoms with E-state index in [9.17, 15) is 27.1 Å². The minimum atomic E-state index is -3.78. The molecule has 1 atom stereocenters. The van der Waals surface area contributed by atoms with E-state index in [-0.39, 0.29) is 42.6 Å². The number of aliphatic hydroxyl groups excluding tert-OH is 1. The van der Waals surface area contributed by atoms with Gasteiger partial charge in [-0.2, -0.15) is 4.98 Å². The molecule has 3 aliphatic rings. The summed E-state index contributed by atoms with van der Waals surface area (Å²) in [4.78, 5) is 26.2. The number of rotatable bonds is 7. The number of aliphatic hydroxyl groups is 1. The maximum atomic E-state index is 13.6. The van der Waals surface area contributed by atoms with E-state index in [1.807, 2.05) is 0 Å². The molecule has 1 aliphatic carbocycles. The SMILES string of the molecule is Cc1cc(NC(=O)c2ccc(S(=O)(=O)[C@@H](C)CO)cc2N2CCC3(CC2)CC3)nc(N2CCC(F)(F)CC2)n1. The van der Waals surface area contributed by atoms with Crippen molar-refractivity contribution in [3.8, 4) is 0 Å². The van der Waals surface area contributed by atoms with Crippen molar-refractivity contribution in [1.82, 2.24) is 9.97 Å². The summed E-state index contributed by atoms with van der Waals surface area (Å²) in [5.41, 5.74) is 1.81. The first-order valence-corrected chi connectivity index (χ1v) is 15.0. The quantitative estimate of drug-likeness (QED) is 0.523. The van der Waals surface area contributed by atoms with Crippen molar-refractivity contribution in [2.45, 2.75) is 68.4 Å². The second-order valence-corrected chi connectivity index (χ2v) is 13.6. The van der Waals surface area contributed by atoms with Gasteiger partial charge in [0.25, 0.3) is 11.8 Å². The summed E-state index contributed by atoms with van der Waals surface area (Å²) in [6.07, 6.45) is 3.83. The van der Waals surface area contributed by atoms with Crippen LogP contribution in [0.2, 0.25) is 0 Å². The molecule has 0 unspecified atom stereocenters. The molecule has 2 aromatic rings. The fourth-order valence-corrected chi connectivity index (χ4v) is 6.54. The number of sulfone groups is 1. The number of nitrogens with zero attached hydrogens (tertiary/aromatic N) is 4. The molecule has 1 saturated carbocycles. The zero-order valence-corrected chi connectivity index (χ0v) is 23.1. The van der Waals surface area contributed by atoms with Crippen molar-refractivity contribution in [1.29, 1.82) is 0 Å². The summed E-state index contributed by atoms with van der Waals surface area (Å²) < 4.78 is 53.3. The molecule has 5 rings (SSSR count). The van der Waals surface area contributed by atoms with Crippen LogP contribution in [-0.4, -0.2) is 73.4 Å². The fourth-order valence-electron chi connectivity index (χ4n) is 5.35. The van der Waals surface area contributed by atoms with Crippen LogP contribution >= 0.6 is 0 Å². The second kappa shape index (κ2) is 10.3. The number of carbonyl (C=O) groups excluding carboxylic acids is 1. The molecule has 1 aromatic heterocycles. The van der Waals surface area contributed by atoms with Crippen LogP contribution in [0.1, 0.15) is 61.5 Å². The van der Waals surface area contributed by atoms with E-state index in [4.69, 9.17) is 0 Å². The monoisotopic (exact) mass is 563 g/mol. The van der Waals surface area contributed by atoms with Gasteiger partial charge >= 0.3 is 0 Å². The highest BCUT2D eigenvalue weighted by atomic mass is 32.2. The van der Waals surface area contributed by atoms with Crippen molar-refractivity contribution >= 4 is 33.2 Å². The Kier molecular flexibility index (Phi) is 7.30. The largest absolute Gasteiger partial charge is 0.395 e. The number of amides is 1. The molecule has 0 bridgehead atoms. The summed E-state index contributed by atoms with van der Waals surface area (Å²) in [7, 11) is -3.78. The number of anilines is 3. The van der Waals surface area contributed by atoms with Crippen LogP contribution in [0.3, 0.4) is 0 Å². The predicted octanol–water partition coefficient (Wildman–Crippen LogP) is 3.81. The lowest BCUT2D eigenvalue weighted by Gasteiger charge is -2.35. The molecule has 3 fully saturated rings. The topological polar surface area (TPSA) is 116 Å². The van der Waals surface area contributed by atoms with Gasteiger partial charge in [0.15, 0.2) is 9.84 Å². The number of hydrogen-bond donors (Lipinski definition) is 2. The summed E-state index contributed by atoms with van der Waals surface area (Å²) in [6.45, 7) is 4.36. The van der Waals surface area contributed by atoms with E-state index < -0.39 is 33.5 Å². The molecule has 39 heavy (non-hydrogen) atoms. The van der Waals surface area contributed by atoms with Gasteiger partial charge in [-0.05, 0) is 63.1 Å². The molecule has 1 amide bonds. The third-order valence-corrected chi connectivity index (χ3v) is 10.4. The Morgan fingerprint density at radius 1 is 1.03 bits per heavy atom. The molecule has 2 saturated heterocycles. The van der Waals surface area contributed by atoms with Crippen molar-refractivity contribution in [2.75, 3.05) is 47.9 Å². The first-order chi connectivity index (χ1) is 18.4. The predicted molar refractivity (Wildman–Crippen MR) is 144 cm³/mol. The Bertz CT molecular complexity index is 1350. The van der Waals surface area contributed by atoms with Crippen molar-refractivity contribution in [3.05, 3.63) is 35.5 Å². The number of nitrogens with one attached hydrogen (secondary N) is 1. The first kappa shape index (κ1) is 27.7. The van der Waals surface area contributed by atoms with Crippen LogP contribution in [0.4, 0.5) is 26.2 Å². The number of aromatic nitrogens is 2. The van der Waals surface area contributed by atoms with Crippen molar-refractivity contribution < 1.29 is 27.1 Å². The second-order valence-electron chi connectivity index (χ2n) is 11.2. The summed E-state index contributed by atoms with van der Waals surface area (Å²) in [6, 6.07) is 6.05. The molecule has 2 aliphatic heterocycles. The lowest BCUT2D eigenvalue weighted by molar-refractivity contribution is -0.0222. The molecule has 212 valence electrons. The summed E-state index contributed by atoms with van der Waals surface area (Å²) >= 11 is 0. The highest BCUT2D eigenvalue weighted by Crippen LogP contribution is 2.54. The van der Waals surface area contributed by atoms with E-state index >= 15 is 0 Å². The molecule has 0 radical (unpaired) electrons. The van der Waals surface area contributed by atoms with Crippen LogP contribution in [0.25, 0.3) is 0 Å². The van der Waals surface area contributed by atoms with E-state index in [2.05, 4.69) is 20.2 Å². The van der Waals surface area contributed by atoms with E-state index in [1.165, 1.54) is 38.0 Å². The van der Waals surface area contributed by atoms with Crippen LogP contribution in [-0.2, 0) is 9.84 Å². The minimum absolute atomic E-state index is 0.0596. The summed E-state index contributed by atoms with van der Waals surface area (Å²) in [5.74, 6) is -2.63. The van der Waals surface area contributed by atoms with Gasteiger partial charge in [-0.15, -0.1) is 0 Å². The number of alkyl halides is 2. The summed E-state index contributed by atoms with van der Waals surface area (Å²) in [5, 5.41) is 11.3. The number of benzene rings is 1. The Morgan fingerprint density at radius 2 is 1.67 bits per heavy atom. The van der Waals surface area contributed by atoms with Crippen molar-refractivity contribution in [2.24, 2.45) is 5.41 Å². The van der Waals surface area contributed by atoms with Gasteiger partial charge in [-0.25, -0.2) is 22.2 Å². The maximum Gasteiger partial charge on any atom is 0.258 e. The average molecular weight is 564 g/mol. The zero-order chi connectivity index (χ0) is 28.0. The standard InChI is InChI=1S/C27H35F2N5O4S/c1-18-15-23(32-25(30-18)34-13-9-27(28,29)10-14-34)31-24(36)21-4-3-20(39(37,38)19(2)17-35)16-22(21)33-11-7-26(5-6-26)8-12-33/h3-4,15-16,19,35H,5-14,17H2,1-2H3,(H,30,31,32,36)/t19-/m0/s1. The molecule has 2 N–H and O–H groups in total. The molecule has 12 heteroatoms. The van der Waals surface area contributed by atoms with Gasteiger partial charge in [0.1, 0.15) is 5.82 Å². The van der Waals surface area contributed by atoms with Crippen LogP contribution in [0, 0.1) is 12.3 Å². The number of hydrogen-bond acceptors (Lipinski definition) is 8. The normalized spacial score (nSPS) is 21.1. The van der Waals surface area contributed by atoms with E-state index in [0.717, 1.165) is 25.9 Å². The number of halogens is 2. The van der Waals surface area contributed by atoms with Gasteiger partial charge in [-0.3, -0.25) is 4.79 Å². The number of piperidine rings is 2. The Labute approximate surface area is 227 Å². The minimum Gasteiger partial charge on any atom is -0.395 e. The highest BCUT2D eigenvalue weighted by molar-refractivity contribution is 7.92. The molecule has 9 nitrogen and oxygen atoms in total. The third-order valence-electron chi connectivity index (χ3n) is 8.31. The lowest BCUT2D eigenvalue weighted by Crippen LogP contribution is -2.40. The van der Waals surface area contributed by atoms with Crippen LogP contribution in [0.15, 0.2) is 29.2 Å². The smallest absolute Gasteiger partial charge is 0.258 e. The van der Waals surface area contributed by atoms with Crippen molar-refractivity contribution in [3.63, 3.8) is 0 Å². The molecule has 1 spiro atoms.